The van der Waals surface area contributed by atoms with Gasteiger partial charge in [-0.15, -0.1) is 0 Å². The third-order valence-electron chi connectivity index (χ3n) is 3.34. The molecule has 3 rings (SSSR count). The lowest BCUT2D eigenvalue weighted by molar-refractivity contribution is 0.311. The number of likely N-dealkylation sites (N-methyl/N-ethyl adjacent to an activating group) is 1. The van der Waals surface area contributed by atoms with Crippen LogP contribution in [0, 0.1) is 0 Å². The van der Waals surface area contributed by atoms with Crippen LogP contribution in [0.2, 0.25) is 5.15 Å². The molecule has 2 aromatic rings. The Morgan fingerprint density at radius 2 is 2.18 bits per heavy atom. The van der Waals surface area contributed by atoms with Crippen LogP contribution in [0.3, 0.4) is 0 Å². The van der Waals surface area contributed by atoms with E-state index in [0.717, 1.165) is 5.69 Å². The van der Waals surface area contributed by atoms with Crippen molar-refractivity contribution in [3.8, 4) is 5.75 Å². The Morgan fingerprint density at radius 3 is 2.95 bits per heavy atom. The maximum atomic E-state index is 12.5. The quantitative estimate of drug-likeness (QED) is 0.869. The van der Waals surface area contributed by atoms with E-state index in [1.165, 1.54) is 12.3 Å². The van der Waals surface area contributed by atoms with Gasteiger partial charge in [-0.3, -0.25) is 4.72 Å². The minimum atomic E-state index is -3.75. The smallest absolute Gasteiger partial charge is 0.262 e. The highest BCUT2D eigenvalue weighted by molar-refractivity contribution is 7.92. The first kappa shape index (κ1) is 14.9. The number of nitrogens with one attached hydrogen (secondary N) is 1. The van der Waals surface area contributed by atoms with Gasteiger partial charge in [0, 0.05) is 13.2 Å². The lowest BCUT2D eigenvalue weighted by Gasteiger charge is -2.28. The second kappa shape index (κ2) is 5.66. The Kier molecular flexibility index (Phi) is 3.84. The third-order valence-corrected chi connectivity index (χ3v) is 5.00. The average Bonchev–Trinajstić information content (AvgIpc) is 2.49. The third kappa shape index (κ3) is 2.82. The second-order valence-electron chi connectivity index (χ2n) is 4.85. The molecule has 6 nitrogen and oxygen atoms in total. The number of anilines is 2. The van der Waals surface area contributed by atoms with E-state index in [-0.39, 0.29) is 15.7 Å². The molecular formula is C14H14ClN3O3S. The van der Waals surface area contributed by atoms with Gasteiger partial charge < -0.3 is 9.64 Å². The van der Waals surface area contributed by atoms with Gasteiger partial charge in [-0.25, -0.2) is 13.4 Å². The number of pyridine rings is 1. The van der Waals surface area contributed by atoms with Gasteiger partial charge in [0.15, 0.2) is 5.15 Å². The molecule has 0 bridgehead atoms. The molecule has 0 spiro atoms. The van der Waals surface area contributed by atoms with Gasteiger partial charge in [-0.05, 0) is 30.3 Å². The second-order valence-corrected chi connectivity index (χ2v) is 6.89. The van der Waals surface area contributed by atoms with E-state index < -0.39 is 10.0 Å². The highest BCUT2D eigenvalue weighted by Gasteiger charge is 2.21. The van der Waals surface area contributed by atoms with Crippen molar-refractivity contribution in [1.29, 1.82) is 0 Å². The fraction of sp³-hybridized carbons (Fsp3) is 0.214. The average molecular weight is 340 g/mol. The van der Waals surface area contributed by atoms with Crippen LogP contribution in [0.25, 0.3) is 0 Å². The molecule has 0 atom stereocenters. The van der Waals surface area contributed by atoms with Crippen LogP contribution in [0.4, 0.5) is 11.4 Å². The van der Waals surface area contributed by atoms with E-state index in [9.17, 15) is 8.42 Å². The number of rotatable bonds is 3. The predicted molar refractivity (Wildman–Crippen MR) is 85.3 cm³/mol. The maximum Gasteiger partial charge on any atom is 0.262 e. The summed E-state index contributed by atoms with van der Waals surface area (Å²) in [5, 5.41) is 0.101. The van der Waals surface area contributed by atoms with Crippen molar-refractivity contribution in [1.82, 2.24) is 4.98 Å². The molecule has 1 aromatic heterocycles. The molecular weight excluding hydrogens is 326 g/mol. The van der Waals surface area contributed by atoms with Crippen LogP contribution < -0.4 is 14.4 Å². The number of hydrogen-bond donors (Lipinski definition) is 1. The number of nitrogens with zero attached hydrogens (tertiary/aromatic N) is 2. The summed E-state index contributed by atoms with van der Waals surface area (Å²) in [7, 11) is -1.86. The van der Waals surface area contributed by atoms with E-state index in [1.54, 1.807) is 24.3 Å². The largest absolute Gasteiger partial charge is 0.490 e. The van der Waals surface area contributed by atoms with Crippen LogP contribution in [0.1, 0.15) is 0 Å². The Balaban J connectivity index is 1.96. The van der Waals surface area contributed by atoms with Crippen LogP contribution in [-0.2, 0) is 10.0 Å². The topological polar surface area (TPSA) is 71.5 Å². The van der Waals surface area contributed by atoms with Gasteiger partial charge in [-0.1, -0.05) is 11.6 Å². The molecule has 0 saturated carbocycles. The minimum absolute atomic E-state index is 0.101. The van der Waals surface area contributed by atoms with E-state index in [2.05, 4.69) is 9.71 Å². The molecule has 0 amide bonds. The van der Waals surface area contributed by atoms with Gasteiger partial charge in [-0.2, -0.15) is 0 Å². The highest BCUT2D eigenvalue weighted by Crippen LogP contribution is 2.33. The minimum Gasteiger partial charge on any atom is -0.490 e. The summed E-state index contributed by atoms with van der Waals surface area (Å²) >= 11 is 5.89. The molecule has 0 aliphatic carbocycles. The first-order chi connectivity index (χ1) is 10.5. The van der Waals surface area contributed by atoms with Gasteiger partial charge in [0.25, 0.3) is 10.0 Å². The maximum absolute atomic E-state index is 12.5. The Labute approximate surface area is 133 Å². The number of aromatic nitrogens is 1. The molecule has 22 heavy (non-hydrogen) atoms. The zero-order valence-electron chi connectivity index (χ0n) is 11.8. The van der Waals surface area contributed by atoms with Crippen LogP contribution in [0.15, 0.2) is 41.4 Å². The molecule has 1 aromatic carbocycles. The van der Waals surface area contributed by atoms with Gasteiger partial charge in [0.2, 0.25) is 0 Å². The van der Waals surface area contributed by atoms with Crippen molar-refractivity contribution in [3.63, 3.8) is 0 Å². The molecule has 116 valence electrons. The van der Waals surface area contributed by atoms with Crippen molar-refractivity contribution in [2.75, 3.05) is 29.8 Å². The number of hydrogen-bond acceptors (Lipinski definition) is 5. The fourth-order valence-corrected chi connectivity index (χ4v) is 3.47. The lowest BCUT2D eigenvalue weighted by Crippen LogP contribution is -2.29. The number of ether oxygens (including phenoxy) is 1. The fourth-order valence-electron chi connectivity index (χ4n) is 2.16. The van der Waals surface area contributed by atoms with Crippen LogP contribution in [0.5, 0.6) is 5.75 Å². The SMILES string of the molecule is CN1CCOc2ccc(S(=O)(=O)Nc3cccnc3Cl)cc21. The van der Waals surface area contributed by atoms with Crippen molar-refractivity contribution in [3.05, 3.63) is 41.7 Å². The summed E-state index contributed by atoms with van der Waals surface area (Å²) in [4.78, 5) is 5.94. The number of halogens is 1. The summed E-state index contributed by atoms with van der Waals surface area (Å²) in [5.41, 5.74) is 0.984. The Morgan fingerprint density at radius 1 is 1.36 bits per heavy atom. The normalized spacial score (nSPS) is 14.2. The first-order valence-electron chi connectivity index (χ1n) is 6.59. The summed E-state index contributed by atoms with van der Waals surface area (Å²) in [5.74, 6) is 0.673. The van der Waals surface area contributed by atoms with Crippen molar-refractivity contribution in [2.24, 2.45) is 0 Å². The summed E-state index contributed by atoms with van der Waals surface area (Å²) in [6.07, 6.45) is 1.49. The zero-order valence-corrected chi connectivity index (χ0v) is 13.4. The van der Waals surface area contributed by atoms with Crippen molar-refractivity contribution >= 4 is 33.0 Å². The molecule has 0 saturated heterocycles. The van der Waals surface area contributed by atoms with E-state index in [4.69, 9.17) is 16.3 Å². The van der Waals surface area contributed by atoms with Crippen LogP contribution in [-0.4, -0.2) is 33.6 Å². The molecule has 1 aliphatic rings. The van der Waals surface area contributed by atoms with E-state index in [1.807, 2.05) is 11.9 Å². The molecule has 2 heterocycles. The molecule has 0 fully saturated rings. The predicted octanol–water partition coefficient (Wildman–Crippen LogP) is 2.36. The molecule has 8 heteroatoms. The number of sulfonamides is 1. The zero-order chi connectivity index (χ0) is 15.7. The molecule has 0 unspecified atom stereocenters. The highest BCUT2D eigenvalue weighted by atomic mass is 35.5. The monoisotopic (exact) mass is 339 g/mol. The van der Waals surface area contributed by atoms with Crippen LogP contribution >= 0.6 is 11.6 Å². The van der Waals surface area contributed by atoms with E-state index >= 15 is 0 Å². The summed E-state index contributed by atoms with van der Waals surface area (Å²) in [6.45, 7) is 1.29. The number of benzene rings is 1. The lowest BCUT2D eigenvalue weighted by atomic mass is 10.2. The first-order valence-corrected chi connectivity index (χ1v) is 8.45. The van der Waals surface area contributed by atoms with Crippen molar-refractivity contribution < 1.29 is 13.2 Å². The summed E-state index contributed by atoms with van der Waals surface area (Å²) in [6, 6.07) is 7.91. The van der Waals surface area contributed by atoms with Gasteiger partial charge in [0.05, 0.1) is 22.8 Å². The standard InChI is InChI=1S/C14H14ClN3O3S/c1-18-7-8-21-13-5-4-10(9-12(13)18)22(19,20)17-11-3-2-6-16-14(11)15/h2-6,9,17H,7-8H2,1H3. The van der Waals surface area contributed by atoms with Gasteiger partial charge in [0.1, 0.15) is 12.4 Å². The number of fused-ring (bicyclic) bond motifs is 1. The Bertz CT molecular complexity index is 811. The molecule has 1 N–H and O–H groups in total. The van der Waals surface area contributed by atoms with E-state index in [0.29, 0.717) is 18.9 Å². The van der Waals surface area contributed by atoms with Crippen molar-refractivity contribution in [2.45, 2.75) is 4.90 Å². The summed E-state index contributed by atoms with van der Waals surface area (Å²) < 4.78 is 32.9. The molecule has 1 aliphatic heterocycles. The van der Waals surface area contributed by atoms with Gasteiger partial charge >= 0.3 is 0 Å². The molecule has 0 radical (unpaired) electrons. The Hall–Kier alpha value is -1.99.